The van der Waals surface area contributed by atoms with Crippen LogP contribution < -0.4 is 5.73 Å². The fourth-order valence-corrected chi connectivity index (χ4v) is 1.28. The third-order valence-electron chi connectivity index (χ3n) is 2.31. The highest BCUT2D eigenvalue weighted by molar-refractivity contribution is 5.24. The number of hydrogen-bond acceptors (Lipinski definition) is 2. The Kier molecular flexibility index (Phi) is 4.04. The van der Waals surface area contributed by atoms with Crippen LogP contribution >= 0.6 is 0 Å². The lowest BCUT2D eigenvalue weighted by atomic mass is 10.0. The number of rotatable bonds is 4. The molecule has 0 aliphatic carbocycles. The first-order valence-electron chi connectivity index (χ1n) is 4.77. The van der Waals surface area contributed by atoms with Gasteiger partial charge in [-0.2, -0.15) is 0 Å². The molecule has 0 bridgehead atoms. The Labute approximate surface area is 83.6 Å². The predicted octanol–water partition coefficient (Wildman–Crippen LogP) is 1.58. The molecule has 0 radical (unpaired) electrons. The molecule has 0 amide bonds. The third kappa shape index (κ3) is 2.53. The maximum Gasteiger partial charge on any atom is 0.107 e. The summed E-state index contributed by atoms with van der Waals surface area (Å²) in [5, 5.41) is 9.59. The van der Waals surface area contributed by atoms with E-state index in [-0.39, 0.29) is 0 Å². The number of aliphatic hydroxyl groups excluding tert-OH is 1. The van der Waals surface area contributed by atoms with Gasteiger partial charge in [-0.15, -0.1) is 0 Å². The van der Waals surface area contributed by atoms with Crippen molar-refractivity contribution in [1.82, 2.24) is 0 Å². The molecule has 14 heavy (non-hydrogen) atoms. The van der Waals surface area contributed by atoms with E-state index in [1.807, 2.05) is 12.1 Å². The standard InChI is InChI=1S/C11H16FNO/c1-2-8-3-5-9(6-4-8)11(14)10(13)7-12/h3-6,10-11,14H,2,7,13H2,1H3. The van der Waals surface area contributed by atoms with Gasteiger partial charge in [-0.05, 0) is 17.5 Å². The van der Waals surface area contributed by atoms with E-state index in [9.17, 15) is 9.50 Å². The SMILES string of the molecule is CCc1ccc(C(O)C(N)CF)cc1. The summed E-state index contributed by atoms with van der Waals surface area (Å²) in [7, 11) is 0. The van der Waals surface area contributed by atoms with Crippen molar-refractivity contribution in [3.05, 3.63) is 35.4 Å². The molecule has 0 fully saturated rings. The third-order valence-corrected chi connectivity index (χ3v) is 2.31. The first kappa shape index (κ1) is 11.1. The Morgan fingerprint density at radius 2 is 1.93 bits per heavy atom. The summed E-state index contributed by atoms with van der Waals surface area (Å²) in [5.41, 5.74) is 7.26. The minimum absolute atomic E-state index is 0.673. The number of alkyl halides is 1. The van der Waals surface area contributed by atoms with Crippen LogP contribution in [0, 0.1) is 0 Å². The fraction of sp³-hybridized carbons (Fsp3) is 0.455. The topological polar surface area (TPSA) is 46.2 Å². The maximum atomic E-state index is 12.2. The van der Waals surface area contributed by atoms with Crippen LogP contribution in [0.15, 0.2) is 24.3 Å². The van der Waals surface area contributed by atoms with E-state index in [0.717, 1.165) is 6.42 Å². The first-order chi connectivity index (χ1) is 6.69. The minimum atomic E-state index is -0.911. The van der Waals surface area contributed by atoms with Gasteiger partial charge in [-0.3, -0.25) is 0 Å². The smallest absolute Gasteiger partial charge is 0.107 e. The van der Waals surface area contributed by atoms with Gasteiger partial charge in [0.1, 0.15) is 6.67 Å². The summed E-state index contributed by atoms with van der Waals surface area (Å²) in [6.45, 7) is 1.34. The van der Waals surface area contributed by atoms with Gasteiger partial charge in [0, 0.05) is 0 Å². The molecule has 0 saturated heterocycles. The molecular weight excluding hydrogens is 181 g/mol. The monoisotopic (exact) mass is 197 g/mol. The number of benzene rings is 1. The van der Waals surface area contributed by atoms with Gasteiger partial charge >= 0.3 is 0 Å². The van der Waals surface area contributed by atoms with Crippen molar-refractivity contribution in [1.29, 1.82) is 0 Å². The van der Waals surface area contributed by atoms with E-state index in [1.165, 1.54) is 5.56 Å². The molecule has 0 heterocycles. The summed E-state index contributed by atoms with van der Waals surface area (Å²) in [4.78, 5) is 0. The molecule has 2 atom stereocenters. The van der Waals surface area contributed by atoms with Gasteiger partial charge in [0.05, 0.1) is 12.1 Å². The fourth-order valence-electron chi connectivity index (χ4n) is 1.28. The van der Waals surface area contributed by atoms with Crippen molar-refractivity contribution in [3.63, 3.8) is 0 Å². The van der Waals surface area contributed by atoms with Gasteiger partial charge < -0.3 is 10.8 Å². The molecule has 1 aromatic carbocycles. The Morgan fingerprint density at radius 3 is 2.36 bits per heavy atom. The maximum absolute atomic E-state index is 12.2. The highest BCUT2D eigenvalue weighted by Crippen LogP contribution is 2.16. The zero-order chi connectivity index (χ0) is 10.6. The summed E-state index contributed by atoms with van der Waals surface area (Å²) in [5.74, 6) is 0. The number of halogens is 1. The highest BCUT2D eigenvalue weighted by Gasteiger charge is 2.15. The molecule has 3 heteroatoms. The molecule has 0 saturated carbocycles. The lowest BCUT2D eigenvalue weighted by Gasteiger charge is -2.16. The van der Waals surface area contributed by atoms with Crippen LogP contribution in [0.25, 0.3) is 0 Å². The Hall–Kier alpha value is -0.930. The van der Waals surface area contributed by atoms with Crippen molar-refractivity contribution < 1.29 is 9.50 Å². The molecule has 2 unspecified atom stereocenters. The van der Waals surface area contributed by atoms with Gasteiger partial charge in [0.2, 0.25) is 0 Å². The molecule has 0 aliphatic rings. The van der Waals surface area contributed by atoms with Gasteiger partial charge in [-0.25, -0.2) is 4.39 Å². The quantitative estimate of drug-likeness (QED) is 0.769. The van der Waals surface area contributed by atoms with Crippen LogP contribution in [-0.4, -0.2) is 17.8 Å². The van der Waals surface area contributed by atoms with Crippen molar-refractivity contribution in [2.24, 2.45) is 5.73 Å². The molecule has 2 nitrogen and oxygen atoms in total. The highest BCUT2D eigenvalue weighted by atomic mass is 19.1. The Morgan fingerprint density at radius 1 is 1.36 bits per heavy atom. The van der Waals surface area contributed by atoms with Crippen LogP contribution in [-0.2, 0) is 6.42 Å². The van der Waals surface area contributed by atoms with E-state index < -0.39 is 18.8 Å². The zero-order valence-corrected chi connectivity index (χ0v) is 8.28. The van der Waals surface area contributed by atoms with Crippen LogP contribution in [0.2, 0.25) is 0 Å². The number of aryl methyl sites for hydroxylation is 1. The average Bonchev–Trinajstić information content (AvgIpc) is 2.27. The minimum Gasteiger partial charge on any atom is -0.387 e. The van der Waals surface area contributed by atoms with Crippen LogP contribution in [0.3, 0.4) is 0 Å². The summed E-state index contributed by atoms with van der Waals surface area (Å²) >= 11 is 0. The van der Waals surface area contributed by atoms with Crippen LogP contribution in [0.5, 0.6) is 0 Å². The molecule has 0 spiro atoms. The van der Waals surface area contributed by atoms with E-state index in [4.69, 9.17) is 5.73 Å². The number of aliphatic hydroxyl groups is 1. The van der Waals surface area contributed by atoms with Gasteiger partial charge in [0.25, 0.3) is 0 Å². The Bertz CT molecular complexity index is 273. The zero-order valence-electron chi connectivity index (χ0n) is 8.28. The second-order valence-corrected chi connectivity index (χ2v) is 3.36. The lowest BCUT2D eigenvalue weighted by molar-refractivity contribution is 0.132. The van der Waals surface area contributed by atoms with Crippen molar-refractivity contribution in [2.75, 3.05) is 6.67 Å². The van der Waals surface area contributed by atoms with Crippen LogP contribution in [0.1, 0.15) is 24.2 Å². The largest absolute Gasteiger partial charge is 0.387 e. The molecule has 0 aromatic heterocycles. The molecule has 1 rings (SSSR count). The molecule has 1 aromatic rings. The summed E-state index contributed by atoms with van der Waals surface area (Å²) < 4.78 is 12.2. The van der Waals surface area contributed by atoms with Crippen LogP contribution in [0.4, 0.5) is 4.39 Å². The second-order valence-electron chi connectivity index (χ2n) is 3.36. The average molecular weight is 197 g/mol. The molecule has 0 aliphatic heterocycles. The lowest BCUT2D eigenvalue weighted by Crippen LogP contribution is -2.30. The summed E-state index contributed by atoms with van der Waals surface area (Å²) in [6.07, 6.45) is 0.0387. The van der Waals surface area contributed by atoms with Gasteiger partial charge in [0.15, 0.2) is 0 Å². The van der Waals surface area contributed by atoms with Crippen molar-refractivity contribution in [2.45, 2.75) is 25.5 Å². The first-order valence-corrected chi connectivity index (χ1v) is 4.77. The van der Waals surface area contributed by atoms with Crippen molar-refractivity contribution in [3.8, 4) is 0 Å². The number of nitrogens with two attached hydrogens (primary N) is 1. The van der Waals surface area contributed by atoms with E-state index in [1.54, 1.807) is 12.1 Å². The molecule has 3 N–H and O–H groups in total. The molecule has 78 valence electrons. The number of hydrogen-bond donors (Lipinski definition) is 2. The predicted molar refractivity (Wildman–Crippen MR) is 54.7 cm³/mol. The second kappa shape index (κ2) is 5.08. The van der Waals surface area contributed by atoms with Crippen molar-refractivity contribution >= 4 is 0 Å². The van der Waals surface area contributed by atoms with E-state index in [0.29, 0.717) is 5.56 Å². The normalized spacial score (nSPS) is 15.1. The Balaban J connectivity index is 2.75. The van der Waals surface area contributed by atoms with Gasteiger partial charge in [-0.1, -0.05) is 31.2 Å². The van der Waals surface area contributed by atoms with E-state index >= 15 is 0 Å². The molecular formula is C11H16FNO. The van der Waals surface area contributed by atoms with E-state index in [2.05, 4.69) is 6.92 Å². The summed E-state index contributed by atoms with van der Waals surface area (Å²) in [6, 6.07) is 6.59.